The van der Waals surface area contributed by atoms with E-state index in [0.29, 0.717) is 0 Å². The van der Waals surface area contributed by atoms with Crippen LogP contribution >= 0.6 is 0 Å². The number of hydrogen-bond donors (Lipinski definition) is 0. The summed E-state index contributed by atoms with van der Waals surface area (Å²) in [6, 6.07) is 7.80. The number of ether oxygens (including phenoxy) is 1. The molecular weight excluding hydrogens is 248 g/mol. The number of cyclic esters (lactones) is 1. The Kier molecular flexibility index (Phi) is 3.69. The quantitative estimate of drug-likeness (QED) is 0.617. The third-order valence-electron chi connectivity index (χ3n) is 3.57. The van der Waals surface area contributed by atoms with Gasteiger partial charge in [0.15, 0.2) is 0 Å². The normalized spacial score (nSPS) is 21.9. The molecular formula is C13H16N2O4. The van der Waals surface area contributed by atoms with Crippen molar-refractivity contribution in [1.82, 2.24) is 4.90 Å². The number of nitrogens with zero attached hydrogens (tertiary/aromatic N) is 2. The van der Waals surface area contributed by atoms with Crippen LogP contribution in [0.5, 0.6) is 0 Å². The largest absolute Gasteiger partial charge is 0.447 e. The molecule has 6 nitrogen and oxygen atoms in total. The van der Waals surface area contributed by atoms with Crippen LogP contribution in [-0.2, 0) is 4.74 Å². The van der Waals surface area contributed by atoms with Gasteiger partial charge in [0.05, 0.1) is 6.04 Å². The maximum absolute atomic E-state index is 11.8. The van der Waals surface area contributed by atoms with Gasteiger partial charge in [-0.05, 0) is 12.5 Å². The summed E-state index contributed by atoms with van der Waals surface area (Å²) in [6.07, 6.45) is -0.491. The predicted octanol–water partition coefficient (Wildman–Crippen LogP) is 2.23. The van der Waals surface area contributed by atoms with Crippen LogP contribution in [0.4, 0.5) is 4.79 Å². The van der Waals surface area contributed by atoms with Crippen LogP contribution in [0.1, 0.15) is 25.5 Å². The summed E-state index contributed by atoms with van der Waals surface area (Å²) in [5.41, 5.74) is 0.927. The van der Waals surface area contributed by atoms with Crippen molar-refractivity contribution in [2.45, 2.75) is 32.0 Å². The summed E-state index contributed by atoms with van der Waals surface area (Å²) in [7, 11) is 0. The van der Waals surface area contributed by atoms with Crippen LogP contribution in [-0.4, -0.2) is 34.6 Å². The van der Waals surface area contributed by atoms with E-state index < -0.39 is 18.2 Å². The fourth-order valence-electron chi connectivity index (χ4n) is 2.22. The molecule has 19 heavy (non-hydrogen) atoms. The number of rotatable bonds is 4. The topological polar surface area (TPSA) is 72.7 Å². The second kappa shape index (κ2) is 5.26. The van der Waals surface area contributed by atoms with Crippen molar-refractivity contribution in [3.8, 4) is 0 Å². The minimum atomic E-state index is -0.836. The van der Waals surface area contributed by atoms with Crippen LogP contribution < -0.4 is 0 Å². The molecule has 1 aromatic rings. The van der Waals surface area contributed by atoms with E-state index in [1.54, 1.807) is 6.92 Å². The van der Waals surface area contributed by atoms with Gasteiger partial charge in [0, 0.05) is 11.8 Å². The van der Waals surface area contributed by atoms with Crippen molar-refractivity contribution >= 4 is 6.09 Å². The molecule has 1 aliphatic rings. The maximum atomic E-state index is 11.8. The number of carbonyl (C=O) groups excluding carboxylic acids is 1. The lowest BCUT2D eigenvalue weighted by atomic mass is 10.0. The van der Waals surface area contributed by atoms with Gasteiger partial charge in [0.1, 0.15) is 12.6 Å². The molecule has 102 valence electrons. The lowest BCUT2D eigenvalue weighted by Gasteiger charge is -2.28. The number of benzene rings is 1. The average molecular weight is 264 g/mol. The SMILES string of the molecule is C[C@H]([C@@H](C)[N+](=O)[O-])N1C(=O)OC[C@H]1c1ccccc1. The number of nitro groups is 1. The smallest absolute Gasteiger partial charge is 0.410 e. The molecule has 0 spiro atoms. The molecule has 1 saturated heterocycles. The lowest BCUT2D eigenvalue weighted by Crippen LogP contribution is -2.45. The predicted molar refractivity (Wildman–Crippen MR) is 68.3 cm³/mol. The Morgan fingerprint density at radius 2 is 2.00 bits per heavy atom. The fraction of sp³-hybridized carbons (Fsp3) is 0.462. The van der Waals surface area contributed by atoms with E-state index in [1.807, 2.05) is 30.3 Å². The molecule has 0 aromatic heterocycles. The number of amides is 1. The van der Waals surface area contributed by atoms with Gasteiger partial charge in [-0.15, -0.1) is 0 Å². The molecule has 1 aromatic carbocycles. The summed E-state index contributed by atoms with van der Waals surface area (Å²) in [6.45, 7) is 3.41. The van der Waals surface area contributed by atoms with Crippen molar-refractivity contribution in [2.75, 3.05) is 6.61 Å². The first-order valence-electron chi connectivity index (χ1n) is 6.16. The summed E-state index contributed by atoms with van der Waals surface area (Å²) in [5.74, 6) is 0. The van der Waals surface area contributed by atoms with Crippen LogP contribution in [0.15, 0.2) is 30.3 Å². The number of carbonyl (C=O) groups is 1. The Bertz CT molecular complexity index is 477. The second-order valence-corrected chi connectivity index (χ2v) is 4.68. The van der Waals surface area contributed by atoms with E-state index in [4.69, 9.17) is 4.74 Å². The molecule has 1 aliphatic heterocycles. The summed E-state index contributed by atoms with van der Waals surface area (Å²) in [4.78, 5) is 23.8. The molecule has 1 heterocycles. The van der Waals surface area contributed by atoms with Gasteiger partial charge in [0.25, 0.3) is 0 Å². The van der Waals surface area contributed by atoms with Crippen molar-refractivity contribution in [3.05, 3.63) is 46.0 Å². The van der Waals surface area contributed by atoms with E-state index in [0.717, 1.165) is 5.56 Å². The Hall–Kier alpha value is -2.11. The molecule has 6 heteroatoms. The van der Waals surface area contributed by atoms with Gasteiger partial charge in [-0.1, -0.05) is 30.3 Å². The van der Waals surface area contributed by atoms with E-state index in [-0.39, 0.29) is 17.6 Å². The monoisotopic (exact) mass is 264 g/mol. The van der Waals surface area contributed by atoms with Crippen molar-refractivity contribution < 1.29 is 14.5 Å². The molecule has 1 amide bonds. The van der Waals surface area contributed by atoms with Gasteiger partial charge in [0.2, 0.25) is 6.04 Å². The Balaban J connectivity index is 2.25. The van der Waals surface area contributed by atoms with Gasteiger partial charge < -0.3 is 4.74 Å². The minimum absolute atomic E-state index is 0.234. The van der Waals surface area contributed by atoms with Crippen molar-refractivity contribution in [3.63, 3.8) is 0 Å². The zero-order valence-corrected chi connectivity index (χ0v) is 10.9. The highest BCUT2D eigenvalue weighted by atomic mass is 16.6. The Labute approximate surface area is 111 Å². The van der Waals surface area contributed by atoms with Crippen LogP contribution in [0, 0.1) is 10.1 Å². The first-order chi connectivity index (χ1) is 9.02. The highest BCUT2D eigenvalue weighted by Crippen LogP contribution is 2.30. The molecule has 0 unspecified atom stereocenters. The second-order valence-electron chi connectivity index (χ2n) is 4.68. The molecule has 0 saturated carbocycles. The zero-order chi connectivity index (χ0) is 14.0. The van der Waals surface area contributed by atoms with Gasteiger partial charge in [-0.3, -0.25) is 15.0 Å². The molecule has 2 rings (SSSR count). The van der Waals surface area contributed by atoms with Crippen molar-refractivity contribution in [2.24, 2.45) is 0 Å². The first-order valence-corrected chi connectivity index (χ1v) is 6.16. The lowest BCUT2D eigenvalue weighted by molar-refractivity contribution is -0.524. The van der Waals surface area contributed by atoms with Gasteiger partial charge in [-0.25, -0.2) is 4.79 Å². The molecule has 1 fully saturated rings. The third-order valence-corrected chi connectivity index (χ3v) is 3.57. The summed E-state index contributed by atoms with van der Waals surface area (Å²) < 4.78 is 5.05. The Morgan fingerprint density at radius 3 is 2.58 bits per heavy atom. The molecule has 3 atom stereocenters. The minimum Gasteiger partial charge on any atom is -0.447 e. The maximum Gasteiger partial charge on any atom is 0.410 e. The first kappa shape index (κ1) is 13.3. The van der Waals surface area contributed by atoms with Crippen molar-refractivity contribution in [1.29, 1.82) is 0 Å². The van der Waals surface area contributed by atoms with E-state index in [1.165, 1.54) is 11.8 Å². The highest BCUT2D eigenvalue weighted by Gasteiger charge is 2.42. The number of hydrogen-bond acceptors (Lipinski definition) is 4. The van der Waals surface area contributed by atoms with Gasteiger partial charge >= 0.3 is 6.09 Å². The zero-order valence-electron chi connectivity index (χ0n) is 10.9. The standard InChI is InChI=1S/C13H16N2O4/c1-9(10(2)15(17)18)14-12(8-19-13(14)16)11-6-4-3-5-7-11/h3-7,9-10,12H,8H2,1-2H3/t9-,10-,12+/m1/s1. The third kappa shape index (κ3) is 2.52. The molecule has 0 radical (unpaired) electrons. The summed E-state index contributed by atoms with van der Waals surface area (Å²) in [5, 5.41) is 10.9. The molecule has 0 aliphatic carbocycles. The van der Waals surface area contributed by atoms with E-state index in [9.17, 15) is 14.9 Å². The fourth-order valence-corrected chi connectivity index (χ4v) is 2.22. The van der Waals surface area contributed by atoms with Gasteiger partial charge in [-0.2, -0.15) is 0 Å². The van der Waals surface area contributed by atoms with E-state index >= 15 is 0 Å². The average Bonchev–Trinajstić information content (AvgIpc) is 2.79. The molecule has 0 N–H and O–H groups in total. The van der Waals surface area contributed by atoms with E-state index in [2.05, 4.69) is 0 Å². The van der Waals surface area contributed by atoms with Crippen LogP contribution in [0.25, 0.3) is 0 Å². The van der Waals surface area contributed by atoms with Crippen LogP contribution in [0.2, 0.25) is 0 Å². The highest BCUT2D eigenvalue weighted by molar-refractivity contribution is 5.71. The Morgan fingerprint density at radius 1 is 1.37 bits per heavy atom. The molecule has 0 bridgehead atoms. The van der Waals surface area contributed by atoms with Crippen LogP contribution in [0.3, 0.4) is 0 Å². The summed E-state index contributed by atoms with van der Waals surface area (Å²) >= 11 is 0.